The van der Waals surface area contributed by atoms with Gasteiger partial charge in [-0.1, -0.05) is 62.7 Å². The van der Waals surface area contributed by atoms with E-state index in [1.54, 1.807) is 41.3 Å². The third-order valence-corrected chi connectivity index (χ3v) is 6.69. The third-order valence-electron chi connectivity index (χ3n) is 6.36. The maximum atomic E-state index is 15.3. The molecule has 1 heterocycles. The van der Waals surface area contributed by atoms with Crippen LogP contribution in [0.5, 0.6) is 0 Å². The van der Waals surface area contributed by atoms with Crippen molar-refractivity contribution in [1.82, 2.24) is 4.90 Å². The number of amides is 2. The number of piperidine rings is 1. The molecule has 0 aromatic heterocycles. The summed E-state index contributed by atoms with van der Waals surface area (Å²) in [6.07, 6.45) is 1.63. The minimum atomic E-state index is -0.690. The maximum absolute atomic E-state index is 15.3. The van der Waals surface area contributed by atoms with Crippen LogP contribution < -0.4 is 5.32 Å². The molecule has 2 fully saturated rings. The Morgan fingerprint density at radius 3 is 2.41 bits per heavy atom. The van der Waals surface area contributed by atoms with Crippen LogP contribution >= 0.6 is 11.6 Å². The standard InChI is InChI=1S/C27H32ClFN2O3/c1-26(2,3)15-27(4,5)34-25(33)31-21-13-16(21)14-22(31)24(32)30-20-12-8-10-18(23(20)29)17-9-6-7-11-19(17)28/h6-12,16,21-22H,13-15H2,1-5H3,(H,30,32). The quantitative estimate of drug-likeness (QED) is 0.500. The highest BCUT2D eigenvalue weighted by Gasteiger charge is 2.57. The number of benzene rings is 2. The minimum Gasteiger partial charge on any atom is -0.443 e. The second-order valence-electron chi connectivity index (χ2n) is 11.2. The molecule has 2 amide bonds. The van der Waals surface area contributed by atoms with Crippen LogP contribution in [0.3, 0.4) is 0 Å². The van der Waals surface area contributed by atoms with Crippen LogP contribution in [-0.4, -0.2) is 34.6 Å². The summed E-state index contributed by atoms with van der Waals surface area (Å²) in [4.78, 5) is 27.9. The lowest BCUT2D eigenvalue weighted by Gasteiger charge is -2.35. The average molecular weight is 487 g/mol. The first kappa shape index (κ1) is 24.5. The zero-order valence-electron chi connectivity index (χ0n) is 20.3. The number of nitrogens with zero attached hydrogens (tertiary/aromatic N) is 1. The Morgan fingerprint density at radius 1 is 1.06 bits per heavy atom. The van der Waals surface area contributed by atoms with Crippen LogP contribution in [0.15, 0.2) is 42.5 Å². The monoisotopic (exact) mass is 486 g/mol. The molecule has 1 N–H and O–H groups in total. The summed E-state index contributed by atoms with van der Waals surface area (Å²) in [5, 5.41) is 3.13. The summed E-state index contributed by atoms with van der Waals surface area (Å²) in [5.74, 6) is -0.686. The van der Waals surface area contributed by atoms with Crippen molar-refractivity contribution in [2.75, 3.05) is 5.32 Å². The number of hydrogen-bond acceptors (Lipinski definition) is 3. The van der Waals surface area contributed by atoms with Crippen LogP contribution in [0.25, 0.3) is 11.1 Å². The van der Waals surface area contributed by atoms with Crippen molar-refractivity contribution in [3.8, 4) is 11.1 Å². The van der Waals surface area contributed by atoms with Crippen molar-refractivity contribution in [2.24, 2.45) is 11.3 Å². The van der Waals surface area contributed by atoms with Gasteiger partial charge in [-0.2, -0.15) is 0 Å². The van der Waals surface area contributed by atoms with E-state index in [0.717, 1.165) is 6.42 Å². The van der Waals surface area contributed by atoms with Crippen LogP contribution in [0.2, 0.25) is 5.02 Å². The second kappa shape index (κ2) is 8.88. The van der Waals surface area contributed by atoms with Crippen molar-refractivity contribution < 1.29 is 18.7 Å². The van der Waals surface area contributed by atoms with E-state index in [1.807, 2.05) is 13.8 Å². The molecule has 1 aliphatic carbocycles. The molecule has 7 heteroatoms. The number of ether oxygens (including phenoxy) is 1. The fourth-order valence-corrected chi connectivity index (χ4v) is 5.53. The van der Waals surface area contributed by atoms with E-state index >= 15 is 4.39 Å². The Kier molecular flexibility index (Phi) is 6.40. The van der Waals surface area contributed by atoms with E-state index in [4.69, 9.17) is 16.3 Å². The van der Waals surface area contributed by atoms with Crippen molar-refractivity contribution in [3.05, 3.63) is 53.3 Å². The van der Waals surface area contributed by atoms with E-state index < -0.39 is 29.5 Å². The summed E-state index contributed by atoms with van der Waals surface area (Å²) in [5.41, 5.74) is 0.227. The van der Waals surface area contributed by atoms with Crippen molar-refractivity contribution in [2.45, 2.75) is 71.6 Å². The summed E-state index contributed by atoms with van der Waals surface area (Å²) in [6.45, 7) is 10.1. The molecule has 3 atom stereocenters. The molecule has 2 aromatic rings. The molecule has 1 saturated heterocycles. The average Bonchev–Trinajstić information content (AvgIpc) is 3.37. The van der Waals surface area contributed by atoms with Gasteiger partial charge in [-0.3, -0.25) is 9.69 Å². The van der Waals surface area contributed by atoms with Gasteiger partial charge in [-0.25, -0.2) is 9.18 Å². The van der Waals surface area contributed by atoms with Gasteiger partial charge in [0.25, 0.3) is 0 Å². The predicted octanol–water partition coefficient (Wildman–Crippen LogP) is 6.90. The molecule has 1 saturated carbocycles. The molecule has 0 radical (unpaired) electrons. The number of hydrogen-bond donors (Lipinski definition) is 1. The molecule has 4 rings (SSSR count). The Labute approximate surface area is 205 Å². The molecular formula is C27H32ClFN2O3. The lowest BCUT2D eigenvalue weighted by molar-refractivity contribution is -0.121. The first-order chi connectivity index (χ1) is 15.9. The fraction of sp³-hybridized carbons (Fsp3) is 0.481. The maximum Gasteiger partial charge on any atom is 0.411 e. The van der Waals surface area contributed by atoms with Crippen molar-refractivity contribution in [3.63, 3.8) is 0 Å². The van der Waals surface area contributed by atoms with Gasteiger partial charge in [0.05, 0.1) is 5.69 Å². The first-order valence-corrected chi connectivity index (χ1v) is 12.1. The normalized spacial score (nSPS) is 21.7. The highest BCUT2D eigenvalue weighted by Crippen LogP contribution is 2.49. The summed E-state index contributed by atoms with van der Waals surface area (Å²) in [7, 11) is 0. The van der Waals surface area contributed by atoms with Crippen LogP contribution in [0, 0.1) is 17.2 Å². The van der Waals surface area contributed by atoms with Gasteiger partial charge >= 0.3 is 6.09 Å². The second-order valence-corrected chi connectivity index (χ2v) is 11.6. The SMILES string of the molecule is CC(C)(C)CC(C)(C)OC(=O)N1C(C(=O)Nc2cccc(-c3ccccc3Cl)c2F)CC2CC21. The van der Waals surface area contributed by atoms with E-state index in [0.29, 0.717) is 29.0 Å². The van der Waals surface area contributed by atoms with E-state index in [-0.39, 0.29) is 23.1 Å². The molecule has 0 bridgehead atoms. The van der Waals surface area contributed by atoms with Gasteiger partial charge in [-0.05, 0) is 56.6 Å². The van der Waals surface area contributed by atoms with Gasteiger partial charge < -0.3 is 10.1 Å². The highest BCUT2D eigenvalue weighted by atomic mass is 35.5. The van der Waals surface area contributed by atoms with E-state index in [1.165, 1.54) is 6.07 Å². The Balaban J connectivity index is 1.51. The number of likely N-dealkylation sites (tertiary alicyclic amines) is 1. The molecule has 34 heavy (non-hydrogen) atoms. The Bertz CT molecular complexity index is 1110. The third kappa shape index (κ3) is 5.22. The lowest BCUT2D eigenvalue weighted by atomic mass is 9.84. The zero-order chi connectivity index (χ0) is 24.8. The fourth-order valence-electron chi connectivity index (χ4n) is 5.29. The molecular weight excluding hydrogens is 455 g/mol. The minimum absolute atomic E-state index is 0.00740. The molecule has 0 spiro atoms. The van der Waals surface area contributed by atoms with E-state index in [2.05, 4.69) is 26.1 Å². The zero-order valence-corrected chi connectivity index (χ0v) is 21.1. The van der Waals surface area contributed by atoms with Crippen LogP contribution in [-0.2, 0) is 9.53 Å². The lowest BCUT2D eigenvalue weighted by Crippen LogP contribution is -2.48. The smallest absolute Gasteiger partial charge is 0.411 e. The first-order valence-electron chi connectivity index (χ1n) is 11.7. The Morgan fingerprint density at radius 2 is 1.74 bits per heavy atom. The summed E-state index contributed by atoms with van der Waals surface area (Å²) < 4.78 is 21.2. The van der Waals surface area contributed by atoms with Gasteiger partial charge in [0.1, 0.15) is 11.6 Å². The number of anilines is 1. The van der Waals surface area contributed by atoms with Gasteiger partial charge in [0.2, 0.25) is 5.91 Å². The molecule has 2 aliphatic rings. The van der Waals surface area contributed by atoms with Gasteiger partial charge in [0, 0.05) is 22.2 Å². The molecule has 1 aliphatic heterocycles. The summed E-state index contributed by atoms with van der Waals surface area (Å²) >= 11 is 6.25. The summed E-state index contributed by atoms with van der Waals surface area (Å²) in [6, 6.07) is 11.1. The predicted molar refractivity (Wildman–Crippen MR) is 132 cm³/mol. The number of fused-ring (bicyclic) bond motifs is 1. The number of carbonyl (C=O) groups excluding carboxylic acids is 2. The molecule has 5 nitrogen and oxygen atoms in total. The largest absolute Gasteiger partial charge is 0.443 e. The number of nitrogens with one attached hydrogen (secondary N) is 1. The van der Waals surface area contributed by atoms with Gasteiger partial charge in [0.15, 0.2) is 5.82 Å². The molecule has 3 unspecified atom stereocenters. The van der Waals surface area contributed by atoms with Gasteiger partial charge in [-0.15, -0.1) is 0 Å². The number of carbonyl (C=O) groups is 2. The number of halogens is 2. The van der Waals surface area contributed by atoms with Crippen LogP contribution in [0.4, 0.5) is 14.9 Å². The van der Waals surface area contributed by atoms with E-state index in [9.17, 15) is 9.59 Å². The number of rotatable bonds is 5. The molecule has 2 aromatic carbocycles. The highest BCUT2D eigenvalue weighted by molar-refractivity contribution is 6.33. The Hall–Kier alpha value is -2.60. The van der Waals surface area contributed by atoms with Crippen LogP contribution in [0.1, 0.15) is 53.9 Å². The van der Waals surface area contributed by atoms with Crippen molar-refractivity contribution >= 4 is 29.3 Å². The van der Waals surface area contributed by atoms with Crippen molar-refractivity contribution in [1.29, 1.82) is 0 Å². The topological polar surface area (TPSA) is 58.6 Å². The molecule has 182 valence electrons.